The van der Waals surface area contributed by atoms with Crippen LogP contribution in [-0.2, 0) is 0 Å². The van der Waals surface area contributed by atoms with Crippen LogP contribution in [0.2, 0.25) is 0 Å². The Bertz CT molecular complexity index is 295. The summed E-state index contributed by atoms with van der Waals surface area (Å²) < 4.78 is 0.901. The molecule has 0 aliphatic heterocycles. The van der Waals surface area contributed by atoms with Crippen LogP contribution < -0.4 is 5.32 Å². The molecule has 3 heteroatoms. The second-order valence-corrected chi connectivity index (χ2v) is 4.64. The van der Waals surface area contributed by atoms with Gasteiger partial charge >= 0.3 is 0 Å². The summed E-state index contributed by atoms with van der Waals surface area (Å²) in [7, 11) is 0. The minimum atomic E-state index is 0.630. The van der Waals surface area contributed by atoms with Crippen molar-refractivity contribution in [1.82, 2.24) is 4.98 Å². The van der Waals surface area contributed by atoms with Gasteiger partial charge in [-0.3, -0.25) is 0 Å². The van der Waals surface area contributed by atoms with Gasteiger partial charge in [0, 0.05) is 6.04 Å². The normalized spacial score (nSPS) is 18.1. The molecule has 1 N–H and O–H groups in total. The first kappa shape index (κ1) is 9.97. The molecule has 1 aromatic heterocycles. The monoisotopic (exact) mass is 254 g/mol. The summed E-state index contributed by atoms with van der Waals surface area (Å²) in [6.45, 7) is 0. The Balaban J connectivity index is 1.95. The number of aromatic nitrogens is 1. The molecular formula is C11H15BrN2. The summed E-state index contributed by atoms with van der Waals surface area (Å²) in [6.07, 6.45) is 6.67. The molecule has 0 unspecified atom stereocenters. The Morgan fingerprint density at radius 2 is 2.00 bits per heavy atom. The highest BCUT2D eigenvalue weighted by Gasteiger charge is 2.12. The smallest absolute Gasteiger partial charge is 0.127 e. The van der Waals surface area contributed by atoms with Crippen LogP contribution in [0, 0.1) is 0 Å². The van der Waals surface area contributed by atoms with Crippen LogP contribution in [0.15, 0.2) is 22.8 Å². The summed E-state index contributed by atoms with van der Waals surface area (Å²) >= 11 is 3.38. The molecule has 2 nitrogen and oxygen atoms in total. The molecule has 76 valence electrons. The van der Waals surface area contributed by atoms with Gasteiger partial charge in [-0.05, 0) is 40.9 Å². The van der Waals surface area contributed by atoms with Gasteiger partial charge in [0.25, 0.3) is 0 Å². The predicted octanol–water partition coefficient (Wildman–Crippen LogP) is 3.59. The second-order valence-electron chi connectivity index (χ2n) is 3.82. The summed E-state index contributed by atoms with van der Waals surface area (Å²) in [5.74, 6) is 0.992. The first-order valence-electron chi connectivity index (χ1n) is 5.24. The molecule has 2 rings (SSSR count). The van der Waals surface area contributed by atoms with Crippen LogP contribution in [0.25, 0.3) is 0 Å². The largest absolute Gasteiger partial charge is 0.367 e. The van der Waals surface area contributed by atoms with Crippen molar-refractivity contribution in [2.24, 2.45) is 0 Å². The molecule has 0 spiro atoms. The summed E-state index contributed by atoms with van der Waals surface area (Å²) in [5, 5.41) is 3.48. The highest BCUT2D eigenvalue weighted by Crippen LogP contribution is 2.21. The molecule has 1 fully saturated rings. The van der Waals surface area contributed by atoms with Crippen molar-refractivity contribution in [2.75, 3.05) is 5.32 Å². The van der Waals surface area contributed by atoms with Crippen LogP contribution in [0.4, 0.5) is 5.82 Å². The van der Waals surface area contributed by atoms with Gasteiger partial charge in [0.05, 0.1) is 0 Å². The molecule has 1 aliphatic carbocycles. The fourth-order valence-corrected chi connectivity index (χ4v) is 2.29. The maximum atomic E-state index is 4.37. The first-order chi connectivity index (χ1) is 6.84. The van der Waals surface area contributed by atoms with Gasteiger partial charge in [-0.1, -0.05) is 25.3 Å². The maximum Gasteiger partial charge on any atom is 0.127 e. The molecule has 14 heavy (non-hydrogen) atoms. The molecular weight excluding hydrogens is 240 g/mol. The van der Waals surface area contributed by atoms with E-state index in [0.717, 1.165) is 10.4 Å². The zero-order valence-electron chi connectivity index (χ0n) is 8.17. The lowest BCUT2D eigenvalue weighted by molar-refractivity contribution is 0.462. The average Bonchev–Trinajstić information content (AvgIpc) is 2.19. The summed E-state index contributed by atoms with van der Waals surface area (Å²) in [4.78, 5) is 4.37. The molecule has 1 aromatic rings. The number of halogens is 1. The zero-order valence-corrected chi connectivity index (χ0v) is 9.76. The van der Waals surface area contributed by atoms with E-state index in [0.29, 0.717) is 6.04 Å². The Labute approximate surface area is 93.3 Å². The van der Waals surface area contributed by atoms with E-state index in [1.54, 1.807) is 0 Å². The number of anilines is 1. The van der Waals surface area contributed by atoms with Crippen LogP contribution in [-0.4, -0.2) is 11.0 Å². The van der Waals surface area contributed by atoms with E-state index in [1.165, 1.54) is 32.1 Å². The van der Waals surface area contributed by atoms with Gasteiger partial charge in [0.2, 0.25) is 0 Å². The van der Waals surface area contributed by atoms with Crippen molar-refractivity contribution in [1.29, 1.82) is 0 Å². The van der Waals surface area contributed by atoms with Crippen LogP contribution in [0.1, 0.15) is 32.1 Å². The van der Waals surface area contributed by atoms with Crippen molar-refractivity contribution in [3.63, 3.8) is 0 Å². The number of rotatable bonds is 2. The predicted molar refractivity (Wildman–Crippen MR) is 62.4 cm³/mol. The van der Waals surface area contributed by atoms with E-state index in [-0.39, 0.29) is 0 Å². The van der Waals surface area contributed by atoms with E-state index in [1.807, 2.05) is 18.2 Å². The number of nitrogens with one attached hydrogen (secondary N) is 1. The third-order valence-electron chi connectivity index (χ3n) is 2.67. The van der Waals surface area contributed by atoms with Crippen molar-refractivity contribution in [2.45, 2.75) is 38.1 Å². The van der Waals surface area contributed by atoms with Gasteiger partial charge in [-0.2, -0.15) is 0 Å². The molecule has 1 heterocycles. The molecule has 0 atom stereocenters. The highest BCUT2D eigenvalue weighted by atomic mass is 79.9. The zero-order chi connectivity index (χ0) is 9.80. The van der Waals surface area contributed by atoms with Crippen LogP contribution >= 0.6 is 15.9 Å². The Morgan fingerprint density at radius 1 is 1.21 bits per heavy atom. The lowest BCUT2D eigenvalue weighted by Gasteiger charge is -2.23. The van der Waals surface area contributed by atoms with Gasteiger partial charge in [-0.15, -0.1) is 0 Å². The fourth-order valence-electron chi connectivity index (χ4n) is 1.94. The molecule has 0 radical (unpaired) electrons. The van der Waals surface area contributed by atoms with Crippen LogP contribution in [0.3, 0.4) is 0 Å². The first-order valence-corrected chi connectivity index (χ1v) is 6.03. The van der Waals surface area contributed by atoms with Gasteiger partial charge in [0.1, 0.15) is 10.4 Å². The summed E-state index contributed by atoms with van der Waals surface area (Å²) in [6, 6.07) is 6.62. The van der Waals surface area contributed by atoms with Crippen molar-refractivity contribution in [3.8, 4) is 0 Å². The summed E-state index contributed by atoms with van der Waals surface area (Å²) in [5.41, 5.74) is 0. The standard InChI is InChI=1S/C11H15BrN2/c12-10-7-4-8-11(14-10)13-9-5-2-1-3-6-9/h4,7-9H,1-3,5-6H2,(H,13,14). The third kappa shape index (κ3) is 2.71. The van der Waals surface area contributed by atoms with E-state index >= 15 is 0 Å². The number of hydrogen-bond donors (Lipinski definition) is 1. The Hall–Kier alpha value is -0.570. The van der Waals surface area contributed by atoms with Gasteiger partial charge in [-0.25, -0.2) is 4.98 Å². The Kier molecular flexibility index (Phi) is 3.40. The lowest BCUT2D eigenvalue weighted by Crippen LogP contribution is -2.22. The molecule has 1 saturated carbocycles. The number of pyridine rings is 1. The van der Waals surface area contributed by atoms with E-state index in [4.69, 9.17) is 0 Å². The molecule has 0 aromatic carbocycles. The second kappa shape index (κ2) is 4.78. The SMILES string of the molecule is Brc1cccc(NC2CCCCC2)n1. The quantitative estimate of drug-likeness (QED) is 0.817. The third-order valence-corrected chi connectivity index (χ3v) is 3.11. The molecule has 0 bridgehead atoms. The van der Waals surface area contributed by atoms with Crippen molar-refractivity contribution < 1.29 is 0 Å². The van der Waals surface area contributed by atoms with E-state index in [2.05, 4.69) is 26.2 Å². The topological polar surface area (TPSA) is 24.9 Å². The van der Waals surface area contributed by atoms with Gasteiger partial charge in [0.15, 0.2) is 0 Å². The number of hydrogen-bond acceptors (Lipinski definition) is 2. The molecule has 0 saturated heterocycles. The minimum absolute atomic E-state index is 0.630. The maximum absolute atomic E-state index is 4.37. The van der Waals surface area contributed by atoms with E-state index < -0.39 is 0 Å². The fraction of sp³-hybridized carbons (Fsp3) is 0.545. The lowest BCUT2D eigenvalue weighted by atomic mass is 9.95. The van der Waals surface area contributed by atoms with Gasteiger partial charge < -0.3 is 5.32 Å². The van der Waals surface area contributed by atoms with E-state index in [9.17, 15) is 0 Å². The van der Waals surface area contributed by atoms with Crippen LogP contribution in [0.5, 0.6) is 0 Å². The molecule has 1 aliphatic rings. The Morgan fingerprint density at radius 3 is 2.71 bits per heavy atom. The molecule has 0 amide bonds. The number of nitrogens with zero attached hydrogens (tertiary/aromatic N) is 1. The van der Waals surface area contributed by atoms with Crippen molar-refractivity contribution >= 4 is 21.7 Å². The minimum Gasteiger partial charge on any atom is -0.367 e. The average molecular weight is 255 g/mol. The van der Waals surface area contributed by atoms with Crippen molar-refractivity contribution in [3.05, 3.63) is 22.8 Å². The highest BCUT2D eigenvalue weighted by molar-refractivity contribution is 9.10.